The molecule has 0 aliphatic carbocycles. The fraction of sp³-hybridized carbons (Fsp3) is 0.333. The second kappa shape index (κ2) is 9.52. The van der Waals surface area contributed by atoms with Gasteiger partial charge in [0.1, 0.15) is 6.04 Å². The van der Waals surface area contributed by atoms with Crippen LogP contribution in [-0.4, -0.2) is 50.6 Å². The van der Waals surface area contributed by atoms with Crippen molar-refractivity contribution < 1.29 is 14.9 Å². The molecule has 2 atom stereocenters. The third-order valence-corrected chi connectivity index (χ3v) is 5.88. The van der Waals surface area contributed by atoms with Gasteiger partial charge in [-0.2, -0.15) is 0 Å². The van der Waals surface area contributed by atoms with Crippen molar-refractivity contribution in [2.75, 3.05) is 20.3 Å². The highest BCUT2D eigenvalue weighted by Crippen LogP contribution is 2.30. The summed E-state index contributed by atoms with van der Waals surface area (Å²) in [5.74, 6) is 0. The van der Waals surface area contributed by atoms with E-state index in [9.17, 15) is 19.8 Å². The summed E-state index contributed by atoms with van der Waals surface area (Å²) in [5, 5.41) is 21.4. The summed E-state index contributed by atoms with van der Waals surface area (Å²) in [4.78, 5) is 26.4. The summed E-state index contributed by atoms with van der Waals surface area (Å²) in [5.41, 5.74) is 1.72. The van der Waals surface area contributed by atoms with E-state index in [1.165, 1.54) is 16.5 Å². The molecule has 2 heterocycles. The number of benzene rings is 2. The molecule has 32 heavy (non-hydrogen) atoms. The molecule has 0 radical (unpaired) electrons. The fourth-order valence-electron chi connectivity index (χ4n) is 4.42. The Balaban J connectivity index is 1.75. The molecule has 0 saturated carbocycles. The van der Waals surface area contributed by atoms with Crippen LogP contribution in [-0.2, 0) is 17.7 Å². The van der Waals surface area contributed by atoms with Gasteiger partial charge in [0.2, 0.25) is 0 Å². The van der Waals surface area contributed by atoms with Gasteiger partial charge in [0.25, 0.3) is 0 Å². The SMILES string of the molecule is COCC1=C([C@H](O)CCc2ccccc2)[C@H](CO)n2c(=O)n(-c3ccccc3)c(=O)n2C1. The Kier molecular flexibility index (Phi) is 6.55. The van der Waals surface area contributed by atoms with Gasteiger partial charge in [-0.15, -0.1) is 0 Å². The predicted molar refractivity (Wildman–Crippen MR) is 120 cm³/mol. The van der Waals surface area contributed by atoms with E-state index in [4.69, 9.17) is 4.74 Å². The van der Waals surface area contributed by atoms with E-state index >= 15 is 0 Å². The Labute approximate surface area is 185 Å². The lowest BCUT2D eigenvalue weighted by Crippen LogP contribution is -2.41. The molecule has 1 aromatic heterocycles. The second-order valence-electron chi connectivity index (χ2n) is 7.87. The third kappa shape index (κ3) is 4.00. The van der Waals surface area contributed by atoms with E-state index in [2.05, 4.69) is 0 Å². The predicted octanol–water partition coefficient (Wildman–Crippen LogP) is 1.28. The first-order chi connectivity index (χ1) is 15.6. The van der Waals surface area contributed by atoms with Crippen LogP contribution in [0.3, 0.4) is 0 Å². The lowest BCUT2D eigenvalue weighted by molar-refractivity contribution is 0.137. The molecule has 168 valence electrons. The fourth-order valence-corrected chi connectivity index (χ4v) is 4.42. The maximum atomic E-state index is 13.3. The Morgan fingerprint density at radius 3 is 2.31 bits per heavy atom. The molecule has 0 saturated heterocycles. The number of aliphatic hydroxyl groups is 2. The smallest absolute Gasteiger partial charge is 0.352 e. The van der Waals surface area contributed by atoms with Crippen molar-refractivity contribution in [1.29, 1.82) is 0 Å². The average molecular weight is 437 g/mol. The first kappa shape index (κ1) is 22.0. The molecule has 0 fully saturated rings. The molecule has 8 heteroatoms. The van der Waals surface area contributed by atoms with Crippen LogP contribution in [0.15, 0.2) is 81.4 Å². The van der Waals surface area contributed by atoms with E-state index < -0.39 is 30.1 Å². The first-order valence-electron chi connectivity index (χ1n) is 10.6. The van der Waals surface area contributed by atoms with Crippen LogP contribution < -0.4 is 11.4 Å². The summed E-state index contributed by atoms with van der Waals surface area (Å²) in [6.07, 6.45) is 0.159. The molecule has 1 aliphatic rings. The Morgan fingerprint density at radius 1 is 1.03 bits per heavy atom. The molecule has 0 unspecified atom stereocenters. The van der Waals surface area contributed by atoms with Crippen molar-refractivity contribution in [2.24, 2.45) is 0 Å². The van der Waals surface area contributed by atoms with E-state index in [1.807, 2.05) is 30.3 Å². The number of aryl methyl sites for hydroxylation is 1. The minimum atomic E-state index is -0.895. The van der Waals surface area contributed by atoms with Crippen LogP contribution in [0.1, 0.15) is 18.0 Å². The maximum Gasteiger partial charge on any atom is 0.352 e. The van der Waals surface area contributed by atoms with Crippen molar-refractivity contribution >= 4 is 0 Å². The van der Waals surface area contributed by atoms with Crippen molar-refractivity contribution in [3.05, 3.63) is 98.3 Å². The quantitative estimate of drug-likeness (QED) is 0.518. The third-order valence-electron chi connectivity index (χ3n) is 5.88. The average Bonchev–Trinajstić information content (AvgIpc) is 3.07. The van der Waals surface area contributed by atoms with Crippen molar-refractivity contribution in [3.8, 4) is 5.69 Å². The van der Waals surface area contributed by atoms with Gasteiger partial charge >= 0.3 is 11.4 Å². The van der Waals surface area contributed by atoms with Gasteiger partial charge in [-0.25, -0.2) is 23.5 Å². The Morgan fingerprint density at radius 2 is 1.69 bits per heavy atom. The zero-order chi connectivity index (χ0) is 22.7. The molecule has 4 rings (SSSR count). The standard InChI is InChI=1S/C24H27N3O5/c1-32-16-18-14-25-23(30)26(19-10-6-3-7-11-19)24(31)27(25)20(15-28)22(18)21(29)13-12-17-8-4-2-5-9-17/h2-11,20-21,28-29H,12-16H2,1H3/t20-,21+/m0/s1. The number of aliphatic hydroxyl groups excluding tert-OH is 2. The lowest BCUT2D eigenvalue weighted by Gasteiger charge is -2.32. The van der Waals surface area contributed by atoms with Crippen LogP contribution in [0.25, 0.3) is 5.69 Å². The number of ether oxygens (including phenoxy) is 1. The minimum absolute atomic E-state index is 0.107. The van der Waals surface area contributed by atoms with Gasteiger partial charge < -0.3 is 14.9 Å². The highest BCUT2D eigenvalue weighted by atomic mass is 16.5. The number of rotatable bonds is 8. The van der Waals surface area contributed by atoms with Crippen molar-refractivity contribution in [3.63, 3.8) is 0 Å². The van der Waals surface area contributed by atoms with Gasteiger partial charge in [-0.05, 0) is 41.7 Å². The summed E-state index contributed by atoms with van der Waals surface area (Å²) in [7, 11) is 1.54. The molecule has 0 amide bonds. The zero-order valence-electron chi connectivity index (χ0n) is 17.9. The number of methoxy groups -OCH3 is 1. The number of hydrogen-bond donors (Lipinski definition) is 2. The molecule has 0 bridgehead atoms. The van der Waals surface area contributed by atoms with Crippen LogP contribution in [0.2, 0.25) is 0 Å². The molecule has 2 N–H and O–H groups in total. The van der Waals surface area contributed by atoms with Crippen molar-refractivity contribution in [1.82, 2.24) is 13.9 Å². The Bertz CT molecular complexity index is 1210. The van der Waals surface area contributed by atoms with Gasteiger partial charge in [-0.3, -0.25) is 0 Å². The molecule has 8 nitrogen and oxygen atoms in total. The van der Waals surface area contributed by atoms with Gasteiger partial charge in [0, 0.05) is 7.11 Å². The first-order valence-corrected chi connectivity index (χ1v) is 10.6. The van der Waals surface area contributed by atoms with Gasteiger partial charge in [0.15, 0.2) is 0 Å². The molecule has 0 spiro atoms. The molecular weight excluding hydrogens is 410 g/mol. The molecular formula is C24H27N3O5. The zero-order valence-corrected chi connectivity index (χ0v) is 17.9. The van der Waals surface area contributed by atoms with E-state index in [0.717, 1.165) is 10.1 Å². The normalized spacial score (nSPS) is 16.8. The highest BCUT2D eigenvalue weighted by molar-refractivity contribution is 5.32. The Hall–Kier alpha value is -3.20. The maximum absolute atomic E-state index is 13.3. The lowest BCUT2D eigenvalue weighted by atomic mass is 9.91. The summed E-state index contributed by atoms with van der Waals surface area (Å²) in [6, 6.07) is 17.6. The minimum Gasteiger partial charge on any atom is -0.394 e. The van der Waals surface area contributed by atoms with Crippen LogP contribution in [0, 0.1) is 0 Å². The summed E-state index contributed by atoms with van der Waals surface area (Å²) in [6.45, 7) is -0.134. The second-order valence-corrected chi connectivity index (χ2v) is 7.87. The molecule has 2 aromatic carbocycles. The number of hydrogen-bond acceptors (Lipinski definition) is 5. The number of aromatic nitrogens is 3. The largest absolute Gasteiger partial charge is 0.394 e. The summed E-state index contributed by atoms with van der Waals surface area (Å²) < 4.78 is 9.00. The van der Waals surface area contributed by atoms with E-state index in [0.29, 0.717) is 29.7 Å². The van der Waals surface area contributed by atoms with E-state index in [1.54, 1.807) is 30.3 Å². The number of nitrogens with zero attached hydrogens (tertiary/aromatic N) is 3. The van der Waals surface area contributed by atoms with Crippen molar-refractivity contribution in [2.45, 2.75) is 31.5 Å². The highest BCUT2D eigenvalue weighted by Gasteiger charge is 2.35. The number of fused-ring (bicyclic) bond motifs is 1. The topological polar surface area (TPSA) is 98.6 Å². The monoisotopic (exact) mass is 437 g/mol. The van der Waals surface area contributed by atoms with Crippen LogP contribution in [0.4, 0.5) is 0 Å². The number of para-hydroxylation sites is 1. The summed E-state index contributed by atoms with van der Waals surface area (Å²) >= 11 is 0. The van der Waals surface area contributed by atoms with Crippen LogP contribution >= 0.6 is 0 Å². The van der Waals surface area contributed by atoms with Crippen LogP contribution in [0.5, 0.6) is 0 Å². The van der Waals surface area contributed by atoms with Gasteiger partial charge in [0.05, 0.1) is 31.5 Å². The van der Waals surface area contributed by atoms with E-state index in [-0.39, 0.29) is 13.2 Å². The molecule has 3 aromatic rings. The van der Waals surface area contributed by atoms with Gasteiger partial charge in [-0.1, -0.05) is 48.5 Å². The molecule has 1 aliphatic heterocycles.